The van der Waals surface area contributed by atoms with Gasteiger partial charge in [0.2, 0.25) is 0 Å². The molecule has 0 aromatic carbocycles. The van der Waals surface area contributed by atoms with Gasteiger partial charge < -0.3 is 19.7 Å². The highest BCUT2D eigenvalue weighted by Crippen LogP contribution is 2.30. The van der Waals surface area contributed by atoms with Crippen molar-refractivity contribution < 1.29 is 14.3 Å². The van der Waals surface area contributed by atoms with Crippen molar-refractivity contribution >= 4 is 6.03 Å². The molecule has 2 amide bonds. The largest absolute Gasteiger partial charge is 0.350 e. The average molecular weight is 242 g/mol. The fourth-order valence-electron chi connectivity index (χ4n) is 2.29. The maximum atomic E-state index is 11.8. The Morgan fingerprint density at radius 3 is 2.35 bits per heavy atom. The number of rotatable bonds is 1. The first-order valence-corrected chi connectivity index (χ1v) is 6.45. The van der Waals surface area contributed by atoms with E-state index >= 15 is 0 Å². The summed E-state index contributed by atoms with van der Waals surface area (Å²) >= 11 is 0. The molecule has 2 heterocycles. The summed E-state index contributed by atoms with van der Waals surface area (Å²) in [6.45, 7) is 6.90. The monoisotopic (exact) mass is 242 g/mol. The SMILES string of the molecule is CC(C)NC(=O)N1CCC2(CC1)OCCCO2. The van der Waals surface area contributed by atoms with Crippen molar-refractivity contribution in [1.29, 1.82) is 0 Å². The third-order valence-corrected chi connectivity index (χ3v) is 3.24. The van der Waals surface area contributed by atoms with E-state index in [4.69, 9.17) is 9.47 Å². The summed E-state index contributed by atoms with van der Waals surface area (Å²) in [6, 6.07) is 0.200. The van der Waals surface area contributed by atoms with E-state index in [1.165, 1.54) is 0 Å². The lowest BCUT2D eigenvalue weighted by molar-refractivity contribution is -0.281. The standard InChI is InChI=1S/C12H22N2O3/c1-10(2)13-11(15)14-6-4-12(5-7-14)16-8-3-9-17-12/h10H,3-9H2,1-2H3,(H,13,15). The minimum atomic E-state index is -0.410. The molecule has 98 valence electrons. The van der Waals surface area contributed by atoms with E-state index in [2.05, 4.69) is 5.32 Å². The van der Waals surface area contributed by atoms with Crippen LogP contribution in [0.2, 0.25) is 0 Å². The van der Waals surface area contributed by atoms with Crippen LogP contribution in [0.1, 0.15) is 33.1 Å². The van der Waals surface area contributed by atoms with E-state index < -0.39 is 5.79 Å². The lowest BCUT2D eigenvalue weighted by Gasteiger charge is -2.43. The Labute approximate surface area is 102 Å². The van der Waals surface area contributed by atoms with Crippen LogP contribution in [-0.4, -0.2) is 49.1 Å². The highest BCUT2D eigenvalue weighted by molar-refractivity contribution is 5.74. The molecule has 17 heavy (non-hydrogen) atoms. The van der Waals surface area contributed by atoms with Crippen molar-refractivity contribution in [1.82, 2.24) is 10.2 Å². The summed E-state index contributed by atoms with van der Waals surface area (Å²) in [4.78, 5) is 13.7. The van der Waals surface area contributed by atoms with Crippen LogP contribution in [0.4, 0.5) is 4.79 Å². The van der Waals surface area contributed by atoms with Crippen LogP contribution in [0, 0.1) is 0 Å². The Morgan fingerprint density at radius 2 is 1.82 bits per heavy atom. The van der Waals surface area contributed by atoms with Crippen LogP contribution < -0.4 is 5.32 Å². The van der Waals surface area contributed by atoms with Gasteiger partial charge >= 0.3 is 6.03 Å². The van der Waals surface area contributed by atoms with Gasteiger partial charge in [-0.05, 0) is 20.3 Å². The number of hydrogen-bond acceptors (Lipinski definition) is 3. The first-order valence-electron chi connectivity index (χ1n) is 6.45. The van der Waals surface area contributed by atoms with Gasteiger partial charge in [0.25, 0.3) is 0 Å². The third-order valence-electron chi connectivity index (χ3n) is 3.24. The Hall–Kier alpha value is -0.810. The van der Waals surface area contributed by atoms with Gasteiger partial charge in [0.1, 0.15) is 0 Å². The molecule has 0 saturated carbocycles. The second-order valence-corrected chi connectivity index (χ2v) is 5.05. The molecule has 5 heteroatoms. The maximum absolute atomic E-state index is 11.8. The zero-order valence-electron chi connectivity index (χ0n) is 10.7. The summed E-state index contributed by atoms with van der Waals surface area (Å²) in [5, 5.41) is 2.91. The van der Waals surface area contributed by atoms with Gasteiger partial charge in [-0.1, -0.05) is 0 Å². The molecule has 2 saturated heterocycles. The highest BCUT2D eigenvalue weighted by Gasteiger charge is 2.39. The van der Waals surface area contributed by atoms with Crippen molar-refractivity contribution in [3.63, 3.8) is 0 Å². The maximum Gasteiger partial charge on any atom is 0.317 e. The Kier molecular flexibility index (Phi) is 3.89. The van der Waals surface area contributed by atoms with E-state index in [0.29, 0.717) is 13.1 Å². The number of piperidine rings is 1. The van der Waals surface area contributed by atoms with Gasteiger partial charge in [-0.2, -0.15) is 0 Å². The second kappa shape index (κ2) is 5.23. The highest BCUT2D eigenvalue weighted by atomic mass is 16.7. The van der Waals surface area contributed by atoms with Crippen LogP contribution in [-0.2, 0) is 9.47 Å². The number of carbonyl (C=O) groups excluding carboxylic acids is 1. The molecular formula is C12H22N2O3. The van der Waals surface area contributed by atoms with Gasteiger partial charge in [0.15, 0.2) is 5.79 Å². The van der Waals surface area contributed by atoms with Crippen molar-refractivity contribution in [2.24, 2.45) is 0 Å². The normalized spacial score (nSPS) is 24.1. The predicted octanol–water partition coefficient (Wildman–Crippen LogP) is 1.33. The number of nitrogens with zero attached hydrogens (tertiary/aromatic N) is 1. The lowest BCUT2D eigenvalue weighted by atomic mass is 10.0. The van der Waals surface area contributed by atoms with Crippen LogP contribution in [0.3, 0.4) is 0 Å². The van der Waals surface area contributed by atoms with Gasteiger partial charge in [-0.3, -0.25) is 0 Å². The van der Waals surface area contributed by atoms with Gasteiger partial charge in [-0.25, -0.2) is 4.79 Å². The van der Waals surface area contributed by atoms with Gasteiger partial charge in [-0.15, -0.1) is 0 Å². The Balaban J connectivity index is 1.82. The second-order valence-electron chi connectivity index (χ2n) is 5.05. The van der Waals surface area contributed by atoms with Crippen molar-refractivity contribution in [3.8, 4) is 0 Å². The quantitative estimate of drug-likeness (QED) is 0.754. The smallest absolute Gasteiger partial charge is 0.317 e. The molecule has 1 N–H and O–H groups in total. The van der Waals surface area contributed by atoms with E-state index in [-0.39, 0.29) is 12.1 Å². The van der Waals surface area contributed by atoms with Crippen LogP contribution in [0.5, 0.6) is 0 Å². The minimum absolute atomic E-state index is 0.0191. The third kappa shape index (κ3) is 3.10. The first-order chi connectivity index (χ1) is 8.11. The summed E-state index contributed by atoms with van der Waals surface area (Å²) in [7, 11) is 0. The average Bonchev–Trinajstić information content (AvgIpc) is 2.30. The lowest BCUT2D eigenvalue weighted by Crippen LogP contribution is -2.54. The van der Waals surface area contributed by atoms with Crippen molar-refractivity contribution in [2.75, 3.05) is 26.3 Å². The molecule has 0 aromatic heterocycles. The molecular weight excluding hydrogens is 220 g/mol. The Bertz CT molecular complexity index is 265. The molecule has 0 unspecified atom stereocenters. The summed E-state index contributed by atoms with van der Waals surface area (Å²) < 4.78 is 11.5. The van der Waals surface area contributed by atoms with Crippen LogP contribution in [0.15, 0.2) is 0 Å². The summed E-state index contributed by atoms with van der Waals surface area (Å²) in [5.74, 6) is -0.410. The van der Waals surface area contributed by atoms with Gasteiger partial charge in [0.05, 0.1) is 13.2 Å². The molecule has 2 aliphatic heterocycles. The topological polar surface area (TPSA) is 50.8 Å². The van der Waals surface area contributed by atoms with Crippen LogP contribution in [0.25, 0.3) is 0 Å². The summed E-state index contributed by atoms with van der Waals surface area (Å²) in [5.41, 5.74) is 0. The fourth-order valence-corrected chi connectivity index (χ4v) is 2.29. The van der Waals surface area contributed by atoms with E-state index in [1.54, 1.807) is 0 Å². The zero-order valence-corrected chi connectivity index (χ0v) is 10.7. The molecule has 5 nitrogen and oxygen atoms in total. The zero-order chi connectivity index (χ0) is 12.3. The van der Waals surface area contributed by atoms with Crippen molar-refractivity contribution in [3.05, 3.63) is 0 Å². The molecule has 0 atom stereocenters. The molecule has 2 fully saturated rings. The minimum Gasteiger partial charge on any atom is -0.350 e. The van der Waals surface area contributed by atoms with E-state index in [9.17, 15) is 4.79 Å². The van der Waals surface area contributed by atoms with E-state index in [0.717, 1.165) is 32.5 Å². The fraction of sp³-hybridized carbons (Fsp3) is 0.917. The number of likely N-dealkylation sites (tertiary alicyclic amines) is 1. The molecule has 0 bridgehead atoms. The summed E-state index contributed by atoms with van der Waals surface area (Å²) in [6.07, 6.45) is 2.52. The molecule has 0 aliphatic carbocycles. The number of hydrogen-bond donors (Lipinski definition) is 1. The first kappa shape index (κ1) is 12.6. The Morgan fingerprint density at radius 1 is 1.24 bits per heavy atom. The number of amides is 2. The van der Waals surface area contributed by atoms with Crippen LogP contribution >= 0.6 is 0 Å². The number of carbonyl (C=O) groups is 1. The van der Waals surface area contributed by atoms with Crippen molar-refractivity contribution in [2.45, 2.75) is 44.9 Å². The molecule has 1 spiro atoms. The molecule has 2 rings (SSSR count). The molecule has 2 aliphatic rings. The number of ether oxygens (including phenoxy) is 2. The van der Waals surface area contributed by atoms with E-state index in [1.807, 2.05) is 18.7 Å². The predicted molar refractivity (Wildman–Crippen MR) is 63.7 cm³/mol. The van der Waals surface area contributed by atoms with Gasteiger partial charge in [0, 0.05) is 32.0 Å². The molecule has 0 radical (unpaired) electrons. The number of nitrogens with one attached hydrogen (secondary N) is 1. The molecule has 0 aromatic rings. The number of urea groups is 1.